The van der Waals surface area contributed by atoms with Gasteiger partial charge in [0.1, 0.15) is 17.4 Å². The molecule has 3 aromatic rings. The minimum absolute atomic E-state index is 0.0523. The Morgan fingerprint density at radius 2 is 2.08 bits per heavy atom. The Bertz CT molecular complexity index is 947. The molecule has 0 aliphatic carbocycles. The number of carbonyl (C=O) groups is 1. The summed E-state index contributed by atoms with van der Waals surface area (Å²) in [6, 6.07) is 11.4. The topological polar surface area (TPSA) is 60.2 Å². The molecule has 0 fully saturated rings. The van der Waals surface area contributed by atoms with Crippen molar-refractivity contribution in [3.8, 4) is 5.75 Å². The van der Waals surface area contributed by atoms with Crippen molar-refractivity contribution in [2.24, 2.45) is 7.05 Å². The van der Waals surface area contributed by atoms with Gasteiger partial charge in [0.2, 0.25) is 0 Å². The van der Waals surface area contributed by atoms with Crippen molar-refractivity contribution in [3.05, 3.63) is 47.5 Å². The summed E-state index contributed by atoms with van der Waals surface area (Å²) in [5, 5.41) is 8.08. The molecule has 0 N–H and O–H groups in total. The van der Waals surface area contributed by atoms with Crippen molar-refractivity contribution in [1.29, 1.82) is 0 Å². The van der Waals surface area contributed by atoms with Gasteiger partial charge in [-0.25, -0.2) is 4.68 Å². The molecule has 1 aromatic heterocycles. The molecule has 1 amide bonds. The predicted molar refractivity (Wildman–Crippen MR) is 91.5 cm³/mol. The van der Waals surface area contributed by atoms with Crippen molar-refractivity contribution in [3.63, 3.8) is 0 Å². The average Bonchev–Trinajstić information content (AvgIpc) is 2.93. The molecule has 1 aliphatic heterocycles. The summed E-state index contributed by atoms with van der Waals surface area (Å²) in [6.07, 6.45) is -0.0523. The van der Waals surface area contributed by atoms with Gasteiger partial charge in [0, 0.05) is 12.6 Å². The van der Waals surface area contributed by atoms with E-state index in [9.17, 15) is 4.79 Å². The number of fused-ring (bicyclic) bond motifs is 2. The lowest BCUT2D eigenvalue weighted by atomic mass is 10.1. The van der Waals surface area contributed by atoms with Gasteiger partial charge in [0.05, 0.1) is 17.7 Å². The Hall–Kier alpha value is -2.89. The van der Waals surface area contributed by atoms with Gasteiger partial charge >= 0.3 is 0 Å². The first-order chi connectivity index (χ1) is 11.5. The molecule has 0 radical (unpaired) electrons. The number of benzene rings is 2. The summed E-state index contributed by atoms with van der Waals surface area (Å²) in [5.74, 6) is 0.700. The molecule has 0 saturated heterocycles. The van der Waals surface area contributed by atoms with Crippen molar-refractivity contribution < 1.29 is 9.53 Å². The van der Waals surface area contributed by atoms with Crippen molar-refractivity contribution in [2.75, 3.05) is 11.4 Å². The Balaban J connectivity index is 1.75. The highest BCUT2D eigenvalue weighted by Crippen LogP contribution is 2.35. The van der Waals surface area contributed by atoms with Gasteiger partial charge in [0.15, 0.2) is 0 Å². The van der Waals surface area contributed by atoms with E-state index in [1.807, 2.05) is 51.2 Å². The van der Waals surface area contributed by atoms with Crippen LogP contribution >= 0.6 is 0 Å². The van der Waals surface area contributed by atoms with E-state index in [4.69, 9.17) is 4.74 Å². The highest BCUT2D eigenvalue weighted by molar-refractivity contribution is 6.08. The minimum atomic E-state index is -0.0530. The number of aryl methyl sites for hydroxylation is 2. The summed E-state index contributed by atoms with van der Waals surface area (Å²) in [7, 11) is 1.83. The zero-order valence-corrected chi connectivity index (χ0v) is 13.9. The fourth-order valence-corrected chi connectivity index (χ4v) is 3.07. The minimum Gasteiger partial charge on any atom is -0.487 e. The van der Waals surface area contributed by atoms with Crippen LogP contribution in [0.2, 0.25) is 0 Å². The number of carbonyl (C=O) groups excluding carboxylic acids is 1. The van der Waals surface area contributed by atoms with E-state index >= 15 is 0 Å². The van der Waals surface area contributed by atoms with E-state index in [2.05, 4.69) is 10.3 Å². The first-order valence-electron chi connectivity index (χ1n) is 7.91. The first kappa shape index (κ1) is 14.7. The summed E-state index contributed by atoms with van der Waals surface area (Å²) in [6.45, 7) is 4.50. The fourth-order valence-electron chi connectivity index (χ4n) is 3.07. The van der Waals surface area contributed by atoms with E-state index < -0.39 is 0 Å². The van der Waals surface area contributed by atoms with Gasteiger partial charge in [-0.3, -0.25) is 4.79 Å². The highest BCUT2D eigenvalue weighted by atomic mass is 16.5. The van der Waals surface area contributed by atoms with Gasteiger partial charge in [0.25, 0.3) is 5.91 Å². The monoisotopic (exact) mass is 322 g/mol. The van der Waals surface area contributed by atoms with Crippen LogP contribution in [0.25, 0.3) is 11.0 Å². The van der Waals surface area contributed by atoms with E-state index in [0.29, 0.717) is 17.6 Å². The van der Waals surface area contributed by atoms with Crippen LogP contribution in [0.5, 0.6) is 5.75 Å². The second-order valence-corrected chi connectivity index (χ2v) is 6.23. The van der Waals surface area contributed by atoms with Crippen molar-refractivity contribution in [2.45, 2.75) is 20.0 Å². The maximum Gasteiger partial charge on any atom is 0.258 e. The van der Waals surface area contributed by atoms with Gasteiger partial charge in [-0.05, 0) is 49.7 Å². The van der Waals surface area contributed by atoms with Gasteiger partial charge in [-0.1, -0.05) is 11.3 Å². The lowest BCUT2D eigenvalue weighted by Crippen LogP contribution is -2.42. The van der Waals surface area contributed by atoms with Gasteiger partial charge < -0.3 is 9.64 Å². The molecule has 2 heterocycles. The Morgan fingerprint density at radius 3 is 2.92 bits per heavy atom. The van der Waals surface area contributed by atoms with Crippen LogP contribution in [0, 0.1) is 6.92 Å². The van der Waals surface area contributed by atoms with E-state index in [-0.39, 0.29) is 12.0 Å². The van der Waals surface area contributed by atoms with Crippen LogP contribution in [0.3, 0.4) is 0 Å². The Kier molecular flexibility index (Phi) is 3.26. The molecule has 0 saturated carbocycles. The molecule has 122 valence electrons. The zero-order chi connectivity index (χ0) is 16.8. The number of hydrogen-bond acceptors (Lipinski definition) is 4. The molecule has 1 unspecified atom stereocenters. The summed E-state index contributed by atoms with van der Waals surface area (Å²) in [5.41, 5.74) is 4.13. The molecule has 2 aromatic carbocycles. The normalized spacial score (nSPS) is 16.8. The smallest absolute Gasteiger partial charge is 0.258 e. The predicted octanol–water partition coefficient (Wildman–Crippen LogP) is 2.70. The lowest BCUT2D eigenvalue weighted by molar-refractivity contribution is 0.0961. The molecule has 6 nitrogen and oxygen atoms in total. The molecule has 6 heteroatoms. The van der Waals surface area contributed by atoms with Crippen LogP contribution < -0.4 is 9.64 Å². The average molecular weight is 322 g/mol. The van der Waals surface area contributed by atoms with Crippen LogP contribution in [0.15, 0.2) is 36.4 Å². The zero-order valence-electron chi connectivity index (χ0n) is 13.9. The second-order valence-electron chi connectivity index (χ2n) is 6.23. The van der Waals surface area contributed by atoms with Gasteiger partial charge in [-0.2, -0.15) is 0 Å². The van der Waals surface area contributed by atoms with Crippen LogP contribution in [0.1, 0.15) is 22.8 Å². The largest absolute Gasteiger partial charge is 0.487 e. The SMILES string of the molecule is Cc1ccc2c(c1)OC(C)CN2C(=O)c1ccc2c(c1)nnn2C. The number of aromatic nitrogens is 3. The summed E-state index contributed by atoms with van der Waals surface area (Å²) in [4.78, 5) is 14.8. The maximum absolute atomic E-state index is 13.1. The number of nitrogens with zero attached hydrogens (tertiary/aromatic N) is 4. The maximum atomic E-state index is 13.1. The molecule has 0 spiro atoms. The second kappa shape index (κ2) is 5.33. The molecule has 0 bridgehead atoms. The first-order valence-corrected chi connectivity index (χ1v) is 7.91. The third-order valence-electron chi connectivity index (χ3n) is 4.28. The molecule has 1 aliphatic rings. The standard InChI is InChI=1S/C18H18N4O2/c1-11-4-6-16-17(8-11)24-12(2)10-22(16)18(23)13-5-7-15-14(9-13)19-20-21(15)3/h4-9,12H,10H2,1-3H3. The number of hydrogen-bond donors (Lipinski definition) is 0. The number of amides is 1. The van der Waals surface area contributed by atoms with E-state index in [1.165, 1.54) is 0 Å². The third-order valence-corrected chi connectivity index (χ3v) is 4.28. The molecule has 24 heavy (non-hydrogen) atoms. The van der Waals surface area contributed by atoms with Crippen LogP contribution in [-0.4, -0.2) is 33.5 Å². The summed E-state index contributed by atoms with van der Waals surface area (Å²) >= 11 is 0. The molecule has 4 rings (SSSR count). The van der Waals surface area contributed by atoms with E-state index in [1.54, 1.807) is 15.6 Å². The number of anilines is 1. The number of rotatable bonds is 1. The molecular weight excluding hydrogens is 304 g/mol. The lowest BCUT2D eigenvalue weighted by Gasteiger charge is -2.33. The highest BCUT2D eigenvalue weighted by Gasteiger charge is 2.28. The van der Waals surface area contributed by atoms with Crippen molar-refractivity contribution >= 4 is 22.6 Å². The molecular formula is C18H18N4O2. The third kappa shape index (κ3) is 2.31. The quantitative estimate of drug-likeness (QED) is 0.691. The Morgan fingerprint density at radius 1 is 1.25 bits per heavy atom. The number of ether oxygens (including phenoxy) is 1. The Labute approximate surface area is 139 Å². The summed E-state index contributed by atoms with van der Waals surface area (Å²) < 4.78 is 7.58. The van der Waals surface area contributed by atoms with Gasteiger partial charge in [-0.15, -0.1) is 5.10 Å². The van der Waals surface area contributed by atoms with Crippen LogP contribution in [0.4, 0.5) is 5.69 Å². The van der Waals surface area contributed by atoms with E-state index in [0.717, 1.165) is 22.5 Å². The molecule has 1 atom stereocenters. The van der Waals surface area contributed by atoms with Crippen LogP contribution in [-0.2, 0) is 7.05 Å². The fraction of sp³-hybridized carbons (Fsp3) is 0.278. The van der Waals surface area contributed by atoms with Crippen molar-refractivity contribution in [1.82, 2.24) is 15.0 Å².